The molecule has 0 aliphatic carbocycles. The number of aliphatic hydroxyl groups is 2. The van der Waals surface area contributed by atoms with Crippen LogP contribution in [0.3, 0.4) is 0 Å². The first-order valence-corrected chi connectivity index (χ1v) is 8.57. The number of aliphatic hydroxyl groups excluding tert-OH is 2. The van der Waals surface area contributed by atoms with Crippen LogP contribution in [0.4, 0.5) is 0 Å². The maximum absolute atomic E-state index is 12.4. The van der Waals surface area contributed by atoms with Crippen LogP contribution >= 0.6 is 0 Å². The van der Waals surface area contributed by atoms with Gasteiger partial charge in [-0.05, 0) is 44.0 Å². The van der Waals surface area contributed by atoms with Gasteiger partial charge in [0.15, 0.2) is 0 Å². The molecule has 1 fully saturated rings. The molecule has 1 aliphatic rings. The predicted molar refractivity (Wildman–Crippen MR) is 91.8 cm³/mol. The highest BCUT2D eigenvalue weighted by molar-refractivity contribution is 5.86. The molecule has 0 aromatic heterocycles. The lowest BCUT2D eigenvalue weighted by atomic mass is 9.97. The molecule has 1 heterocycles. The van der Waals surface area contributed by atoms with Crippen LogP contribution in [0.5, 0.6) is 5.75 Å². The number of hydrogen-bond donors (Lipinski definition) is 3. The first kappa shape index (κ1) is 18.7. The Kier molecular flexibility index (Phi) is 7.02. The minimum absolute atomic E-state index is 0.0157. The molecule has 3 N–H and O–H groups in total. The van der Waals surface area contributed by atoms with E-state index in [0.29, 0.717) is 26.1 Å². The molecule has 1 aromatic carbocycles. The highest BCUT2D eigenvalue weighted by Gasteiger charge is 2.42. The van der Waals surface area contributed by atoms with E-state index in [1.165, 1.54) is 0 Å². The fourth-order valence-corrected chi connectivity index (χ4v) is 3.06. The summed E-state index contributed by atoms with van der Waals surface area (Å²) in [6, 6.07) is 7.87. The molecule has 2 rings (SSSR count). The van der Waals surface area contributed by atoms with Crippen molar-refractivity contribution in [2.24, 2.45) is 0 Å². The second-order valence-corrected chi connectivity index (χ2v) is 6.35. The predicted octanol–water partition coefficient (Wildman–Crippen LogP) is 0.911. The molecule has 6 nitrogen and oxygen atoms in total. The second kappa shape index (κ2) is 9.01. The number of amides is 1. The quantitative estimate of drug-likeness (QED) is 0.584. The summed E-state index contributed by atoms with van der Waals surface area (Å²) in [7, 11) is 0. The van der Waals surface area contributed by atoms with Gasteiger partial charge in [-0.25, -0.2) is 0 Å². The topological polar surface area (TPSA) is 82.0 Å². The van der Waals surface area contributed by atoms with Gasteiger partial charge in [0.25, 0.3) is 0 Å². The summed E-state index contributed by atoms with van der Waals surface area (Å²) in [6.07, 6.45) is 2.44. The number of nitrogens with zero attached hydrogens (tertiary/aromatic N) is 1. The Labute approximate surface area is 143 Å². The molecule has 0 saturated carbocycles. The van der Waals surface area contributed by atoms with Crippen LogP contribution in [0.2, 0.25) is 0 Å². The first-order valence-electron chi connectivity index (χ1n) is 8.57. The van der Waals surface area contributed by atoms with E-state index in [-0.39, 0.29) is 19.1 Å². The standard InChI is InChI=1S/C18H28N2O4/c1-18(17(23)19-9-12-22)8-2-10-20(18)14-15-4-6-16(7-5-15)24-13-3-11-21/h4-7,21-22H,2-3,8-14H2,1H3,(H,19,23)/t18-/m0/s1. The summed E-state index contributed by atoms with van der Waals surface area (Å²) in [6.45, 7) is 4.45. The zero-order valence-electron chi connectivity index (χ0n) is 14.3. The van der Waals surface area contributed by atoms with E-state index in [2.05, 4.69) is 10.2 Å². The molecule has 6 heteroatoms. The van der Waals surface area contributed by atoms with Crippen LogP contribution in [-0.4, -0.2) is 59.5 Å². The zero-order chi connectivity index (χ0) is 17.4. The molecule has 1 saturated heterocycles. The molecular formula is C18H28N2O4. The normalized spacial score (nSPS) is 21.0. The first-order chi connectivity index (χ1) is 11.6. The van der Waals surface area contributed by atoms with Crippen molar-refractivity contribution in [1.82, 2.24) is 10.2 Å². The molecule has 0 spiro atoms. The molecule has 24 heavy (non-hydrogen) atoms. The number of carbonyl (C=O) groups is 1. The molecule has 0 radical (unpaired) electrons. The van der Waals surface area contributed by atoms with E-state index < -0.39 is 5.54 Å². The highest BCUT2D eigenvalue weighted by atomic mass is 16.5. The Hall–Kier alpha value is -1.63. The fraction of sp³-hybridized carbons (Fsp3) is 0.611. The minimum atomic E-state index is -0.522. The SMILES string of the molecule is C[C@@]1(C(=O)NCCO)CCCN1Cc1ccc(OCCCO)cc1. The van der Waals surface area contributed by atoms with Crippen LogP contribution in [0.25, 0.3) is 0 Å². The Morgan fingerprint density at radius 1 is 1.29 bits per heavy atom. The fourth-order valence-electron chi connectivity index (χ4n) is 3.06. The third kappa shape index (κ3) is 4.69. The van der Waals surface area contributed by atoms with E-state index in [1.807, 2.05) is 31.2 Å². The van der Waals surface area contributed by atoms with Gasteiger partial charge in [0.1, 0.15) is 5.75 Å². The molecule has 0 bridgehead atoms. The minimum Gasteiger partial charge on any atom is -0.494 e. The van der Waals surface area contributed by atoms with E-state index in [0.717, 1.165) is 30.7 Å². The maximum Gasteiger partial charge on any atom is 0.240 e. The third-order valence-corrected chi connectivity index (χ3v) is 4.54. The Bertz CT molecular complexity index is 520. The lowest BCUT2D eigenvalue weighted by molar-refractivity contribution is -0.131. The average molecular weight is 336 g/mol. The van der Waals surface area contributed by atoms with E-state index in [1.54, 1.807) is 0 Å². The molecule has 0 unspecified atom stereocenters. The maximum atomic E-state index is 12.4. The van der Waals surface area contributed by atoms with Crippen molar-refractivity contribution in [3.8, 4) is 5.75 Å². The van der Waals surface area contributed by atoms with Crippen molar-refractivity contribution in [2.45, 2.75) is 38.3 Å². The van der Waals surface area contributed by atoms with Crippen molar-refractivity contribution < 1.29 is 19.7 Å². The number of rotatable bonds is 9. The van der Waals surface area contributed by atoms with Crippen LogP contribution in [-0.2, 0) is 11.3 Å². The smallest absolute Gasteiger partial charge is 0.240 e. The van der Waals surface area contributed by atoms with Gasteiger partial charge in [0, 0.05) is 26.1 Å². The van der Waals surface area contributed by atoms with Crippen LogP contribution in [0.1, 0.15) is 31.7 Å². The van der Waals surface area contributed by atoms with Gasteiger partial charge in [0.05, 0.1) is 18.8 Å². The largest absolute Gasteiger partial charge is 0.494 e. The van der Waals surface area contributed by atoms with Crippen molar-refractivity contribution >= 4 is 5.91 Å². The summed E-state index contributed by atoms with van der Waals surface area (Å²) in [5, 5.41) is 20.5. The monoisotopic (exact) mass is 336 g/mol. The van der Waals surface area contributed by atoms with Crippen molar-refractivity contribution in [3.05, 3.63) is 29.8 Å². The molecule has 1 aromatic rings. The molecule has 1 amide bonds. The van der Waals surface area contributed by atoms with E-state index in [9.17, 15) is 4.79 Å². The molecular weight excluding hydrogens is 308 g/mol. The number of benzene rings is 1. The van der Waals surface area contributed by atoms with Crippen LogP contribution in [0.15, 0.2) is 24.3 Å². The summed E-state index contributed by atoms with van der Waals surface area (Å²) in [5.74, 6) is 0.773. The second-order valence-electron chi connectivity index (χ2n) is 6.35. The van der Waals surface area contributed by atoms with E-state index >= 15 is 0 Å². The molecule has 134 valence electrons. The average Bonchev–Trinajstić information content (AvgIpc) is 2.96. The van der Waals surface area contributed by atoms with E-state index in [4.69, 9.17) is 14.9 Å². The van der Waals surface area contributed by atoms with Crippen molar-refractivity contribution in [2.75, 3.05) is 32.9 Å². The number of likely N-dealkylation sites (tertiary alicyclic amines) is 1. The van der Waals surface area contributed by atoms with Gasteiger partial charge in [-0.1, -0.05) is 12.1 Å². The summed E-state index contributed by atoms with van der Waals surface area (Å²) >= 11 is 0. The Balaban J connectivity index is 1.95. The number of nitrogens with one attached hydrogen (secondary N) is 1. The highest BCUT2D eigenvalue weighted by Crippen LogP contribution is 2.31. The number of ether oxygens (including phenoxy) is 1. The van der Waals surface area contributed by atoms with Gasteiger partial charge < -0.3 is 20.3 Å². The molecule has 1 atom stereocenters. The molecule has 1 aliphatic heterocycles. The van der Waals surface area contributed by atoms with Gasteiger partial charge in [0.2, 0.25) is 5.91 Å². The Morgan fingerprint density at radius 2 is 2.04 bits per heavy atom. The van der Waals surface area contributed by atoms with Crippen LogP contribution < -0.4 is 10.1 Å². The van der Waals surface area contributed by atoms with Crippen LogP contribution in [0, 0.1) is 0 Å². The lowest BCUT2D eigenvalue weighted by Gasteiger charge is -2.34. The van der Waals surface area contributed by atoms with Gasteiger partial charge in [-0.2, -0.15) is 0 Å². The summed E-state index contributed by atoms with van der Waals surface area (Å²) in [4.78, 5) is 14.6. The number of carbonyl (C=O) groups excluding carboxylic acids is 1. The Morgan fingerprint density at radius 3 is 2.71 bits per heavy atom. The third-order valence-electron chi connectivity index (χ3n) is 4.54. The van der Waals surface area contributed by atoms with Gasteiger partial charge >= 0.3 is 0 Å². The summed E-state index contributed by atoms with van der Waals surface area (Å²) in [5.41, 5.74) is 0.610. The number of hydrogen-bond acceptors (Lipinski definition) is 5. The summed E-state index contributed by atoms with van der Waals surface area (Å²) < 4.78 is 5.53. The van der Waals surface area contributed by atoms with Gasteiger partial charge in [-0.15, -0.1) is 0 Å². The van der Waals surface area contributed by atoms with Crippen molar-refractivity contribution in [3.63, 3.8) is 0 Å². The van der Waals surface area contributed by atoms with Gasteiger partial charge in [-0.3, -0.25) is 9.69 Å². The van der Waals surface area contributed by atoms with Crippen molar-refractivity contribution in [1.29, 1.82) is 0 Å². The zero-order valence-corrected chi connectivity index (χ0v) is 14.3. The lowest BCUT2D eigenvalue weighted by Crippen LogP contribution is -2.53.